The topological polar surface area (TPSA) is 97.1 Å². The number of rotatable bonds is 5. The Kier molecular flexibility index (Phi) is 5.00. The maximum absolute atomic E-state index is 13.2. The monoisotopic (exact) mass is 412 g/mol. The number of anilines is 1. The van der Waals surface area contributed by atoms with Crippen LogP contribution in [0.4, 0.5) is 5.69 Å². The number of nitrogens with one attached hydrogen (secondary N) is 2. The maximum Gasteiger partial charge on any atom is 0.259 e. The van der Waals surface area contributed by atoms with Gasteiger partial charge in [0.05, 0.1) is 27.4 Å². The van der Waals surface area contributed by atoms with E-state index in [1.165, 1.54) is 0 Å². The van der Waals surface area contributed by atoms with Crippen LogP contribution < -0.4 is 10.6 Å². The van der Waals surface area contributed by atoms with Crippen molar-refractivity contribution in [1.29, 1.82) is 0 Å². The number of amides is 2. The number of benzene rings is 1. The van der Waals surface area contributed by atoms with E-state index in [1.54, 1.807) is 25.2 Å². The summed E-state index contributed by atoms with van der Waals surface area (Å²) in [5, 5.41) is 10.5. The third-order valence-corrected chi connectivity index (χ3v) is 5.31. The minimum atomic E-state index is -0.347. The first kappa shape index (κ1) is 19.4. The van der Waals surface area contributed by atoms with Crippen molar-refractivity contribution in [3.63, 3.8) is 0 Å². The van der Waals surface area contributed by atoms with E-state index in [4.69, 9.17) is 16.1 Å². The fourth-order valence-electron chi connectivity index (χ4n) is 3.25. The molecule has 29 heavy (non-hydrogen) atoms. The Morgan fingerprint density at radius 3 is 2.62 bits per heavy atom. The standard InChI is InChI=1S/C21H21ClN4O3/c1-10(2)18-17-13(9-15(11-4-5-11)25-21(17)29-26-18)20(28)24-16-8-12(19(27)23-3)6-7-14(16)22/h6-11H,4-5H2,1-3H3,(H,23,27)(H,24,28). The molecule has 0 spiro atoms. The highest BCUT2D eigenvalue weighted by molar-refractivity contribution is 6.34. The molecule has 1 saturated carbocycles. The van der Waals surface area contributed by atoms with Crippen molar-refractivity contribution in [1.82, 2.24) is 15.5 Å². The summed E-state index contributed by atoms with van der Waals surface area (Å²) in [5.74, 6) is -0.198. The summed E-state index contributed by atoms with van der Waals surface area (Å²) in [7, 11) is 1.54. The van der Waals surface area contributed by atoms with Crippen LogP contribution in [0, 0.1) is 0 Å². The first-order chi connectivity index (χ1) is 13.9. The molecular weight excluding hydrogens is 392 g/mol. The van der Waals surface area contributed by atoms with Crippen LogP contribution in [-0.4, -0.2) is 29.0 Å². The molecule has 0 radical (unpaired) electrons. The van der Waals surface area contributed by atoms with Crippen LogP contribution in [0.15, 0.2) is 28.8 Å². The molecule has 2 heterocycles. The molecule has 4 rings (SSSR count). The average Bonchev–Trinajstić information content (AvgIpc) is 3.46. The normalized spacial score (nSPS) is 13.7. The van der Waals surface area contributed by atoms with Gasteiger partial charge in [0.25, 0.3) is 17.5 Å². The van der Waals surface area contributed by atoms with Gasteiger partial charge in [-0.1, -0.05) is 30.6 Å². The van der Waals surface area contributed by atoms with Gasteiger partial charge in [-0.3, -0.25) is 9.59 Å². The maximum atomic E-state index is 13.2. The predicted molar refractivity (Wildman–Crippen MR) is 111 cm³/mol. The number of fused-ring (bicyclic) bond motifs is 1. The number of hydrogen-bond acceptors (Lipinski definition) is 5. The molecule has 2 aromatic heterocycles. The van der Waals surface area contributed by atoms with Crippen LogP contribution in [0.25, 0.3) is 11.1 Å². The van der Waals surface area contributed by atoms with E-state index in [2.05, 4.69) is 20.8 Å². The van der Waals surface area contributed by atoms with Crippen LogP contribution >= 0.6 is 11.6 Å². The fraction of sp³-hybridized carbons (Fsp3) is 0.333. The third-order valence-electron chi connectivity index (χ3n) is 4.98. The van der Waals surface area contributed by atoms with Gasteiger partial charge in [-0.15, -0.1) is 0 Å². The number of carbonyl (C=O) groups is 2. The second-order valence-electron chi connectivity index (χ2n) is 7.50. The Morgan fingerprint density at radius 1 is 1.21 bits per heavy atom. The molecule has 1 aliphatic rings. The first-order valence-electron chi connectivity index (χ1n) is 9.52. The highest BCUT2D eigenvalue weighted by Gasteiger charge is 2.29. The van der Waals surface area contributed by atoms with Gasteiger partial charge in [0.15, 0.2) is 0 Å². The van der Waals surface area contributed by atoms with Crippen LogP contribution in [0.1, 0.15) is 70.6 Å². The van der Waals surface area contributed by atoms with Gasteiger partial charge in [-0.05, 0) is 43.0 Å². The van der Waals surface area contributed by atoms with Crippen molar-refractivity contribution < 1.29 is 14.1 Å². The highest BCUT2D eigenvalue weighted by atomic mass is 35.5. The molecule has 0 atom stereocenters. The smallest absolute Gasteiger partial charge is 0.259 e. The van der Waals surface area contributed by atoms with Crippen molar-refractivity contribution in [2.24, 2.45) is 0 Å². The molecule has 1 aromatic carbocycles. The van der Waals surface area contributed by atoms with E-state index < -0.39 is 0 Å². The number of nitrogens with zero attached hydrogens (tertiary/aromatic N) is 2. The van der Waals surface area contributed by atoms with E-state index in [-0.39, 0.29) is 17.7 Å². The molecule has 1 fully saturated rings. The second-order valence-corrected chi connectivity index (χ2v) is 7.91. The number of aromatic nitrogens is 2. The summed E-state index contributed by atoms with van der Waals surface area (Å²) in [6, 6.07) is 6.55. The lowest BCUT2D eigenvalue weighted by molar-refractivity contribution is 0.0961. The molecule has 2 N–H and O–H groups in total. The zero-order chi connectivity index (χ0) is 20.7. The van der Waals surface area contributed by atoms with Gasteiger partial charge in [0.1, 0.15) is 0 Å². The lowest BCUT2D eigenvalue weighted by Gasteiger charge is -2.11. The molecule has 0 saturated heterocycles. The van der Waals surface area contributed by atoms with Crippen molar-refractivity contribution >= 4 is 40.2 Å². The first-order valence-corrected chi connectivity index (χ1v) is 9.90. The average molecular weight is 413 g/mol. The van der Waals surface area contributed by atoms with Gasteiger partial charge in [-0.25, -0.2) is 4.98 Å². The molecule has 0 aliphatic heterocycles. The lowest BCUT2D eigenvalue weighted by atomic mass is 10.0. The van der Waals surface area contributed by atoms with Crippen LogP contribution in [0.2, 0.25) is 5.02 Å². The highest BCUT2D eigenvalue weighted by Crippen LogP contribution is 2.41. The summed E-state index contributed by atoms with van der Waals surface area (Å²) in [6.45, 7) is 3.97. The SMILES string of the molecule is CNC(=O)c1ccc(Cl)c(NC(=O)c2cc(C3CC3)nc3onc(C(C)C)c23)c1. The zero-order valence-corrected chi connectivity index (χ0v) is 17.1. The number of hydrogen-bond donors (Lipinski definition) is 2. The Bertz CT molecular complexity index is 1120. The van der Waals surface area contributed by atoms with Gasteiger partial charge >= 0.3 is 0 Å². The Labute approximate surface area is 172 Å². The van der Waals surface area contributed by atoms with E-state index in [0.29, 0.717) is 44.5 Å². The molecule has 0 unspecified atom stereocenters. The van der Waals surface area contributed by atoms with Gasteiger partial charge in [0.2, 0.25) is 0 Å². The van der Waals surface area contributed by atoms with Crippen LogP contribution in [0.3, 0.4) is 0 Å². The van der Waals surface area contributed by atoms with Gasteiger partial charge < -0.3 is 15.2 Å². The van der Waals surface area contributed by atoms with Crippen molar-refractivity contribution in [3.05, 3.63) is 51.8 Å². The van der Waals surface area contributed by atoms with E-state index in [1.807, 2.05) is 19.9 Å². The minimum Gasteiger partial charge on any atom is -0.355 e. The quantitative estimate of drug-likeness (QED) is 0.643. The summed E-state index contributed by atoms with van der Waals surface area (Å²) in [5.41, 5.74) is 3.10. The number of halogens is 1. The number of carbonyl (C=O) groups excluding carboxylic acids is 2. The van der Waals surface area contributed by atoms with Gasteiger partial charge in [0, 0.05) is 24.2 Å². The molecule has 7 nitrogen and oxygen atoms in total. The van der Waals surface area contributed by atoms with Crippen LogP contribution in [-0.2, 0) is 0 Å². The Hall–Kier alpha value is -2.93. The summed E-state index contributed by atoms with van der Waals surface area (Å²) in [6.07, 6.45) is 2.09. The van der Waals surface area contributed by atoms with Crippen molar-refractivity contribution in [2.45, 2.75) is 38.5 Å². The van der Waals surface area contributed by atoms with E-state index >= 15 is 0 Å². The second kappa shape index (κ2) is 7.48. The van der Waals surface area contributed by atoms with E-state index in [0.717, 1.165) is 18.5 Å². The minimum absolute atomic E-state index is 0.0662. The Balaban J connectivity index is 1.77. The predicted octanol–water partition coefficient (Wildman–Crippen LogP) is 4.49. The molecule has 3 aromatic rings. The molecule has 0 bridgehead atoms. The summed E-state index contributed by atoms with van der Waals surface area (Å²) in [4.78, 5) is 29.7. The van der Waals surface area contributed by atoms with Crippen molar-refractivity contribution in [3.8, 4) is 0 Å². The van der Waals surface area contributed by atoms with Crippen LogP contribution in [0.5, 0.6) is 0 Å². The molecule has 8 heteroatoms. The third kappa shape index (κ3) is 3.70. The Morgan fingerprint density at radius 2 is 1.97 bits per heavy atom. The number of pyridine rings is 1. The largest absolute Gasteiger partial charge is 0.355 e. The van der Waals surface area contributed by atoms with Crippen molar-refractivity contribution in [2.75, 3.05) is 12.4 Å². The molecule has 1 aliphatic carbocycles. The summed E-state index contributed by atoms with van der Waals surface area (Å²) >= 11 is 6.26. The van der Waals surface area contributed by atoms with E-state index in [9.17, 15) is 9.59 Å². The van der Waals surface area contributed by atoms with Gasteiger partial charge in [-0.2, -0.15) is 0 Å². The molecule has 150 valence electrons. The summed E-state index contributed by atoms with van der Waals surface area (Å²) < 4.78 is 5.44. The molecule has 2 amide bonds. The zero-order valence-electron chi connectivity index (χ0n) is 16.4. The lowest BCUT2D eigenvalue weighted by Crippen LogP contribution is -2.19. The molecular formula is C21H21ClN4O3. The fourth-order valence-corrected chi connectivity index (χ4v) is 3.41.